The van der Waals surface area contributed by atoms with Crippen LogP contribution in [-0.2, 0) is 0 Å². The molecule has 1 aliphatic rings. The number of fused-ring (bicyclic) bond motifs is 1. The van der Waals surface area contributed by atoms with Gasteiger partial charge in [-0.25, -0.2) is 9.78 Å². The van der Waals surface area contributed by atoms with Crippen LogP contribution in [0.15, 0.2) is 36.5 Å². The van der Waals surface area contributed by atoms with Gasteiger partial charge in [-0.1, -0.05) is 25.3 Å². The number of carbonyl (C=O) groups is 1. The summed E-state index contributed by atoms with van der Waals surface area (Å²) in [5, 5.41) is 9.63. The zero-order valence-corrected chi connectivity index (χ0v) is 13.3. The van der Waals surface area contributed by atoms with Crippen molar-refractivity contribution < 1.29 is 9.90 Å². The molecule has 4 rings (SSSR count). The molecule has 5 nitrogen and oxygen atoms in total. The van der Waals surface area contributed by atoms with Crippen molar-refractivity contribution in [3.63, 3.8) is 0 Å². The van der Waals surface area contributed by atoms with E-state index in [4.69, 9.17) is 0 Å². The first-order valence-electron chi connectivity index (χ1n) is 8.41. The Morgan fingerprint density at radius 2 is 2.00 bits per heavy atom. The fourth-order valence-corrected chi connectivity index (χ4v) is 3.63. The van der Waals surface area contributed by atoms with E-state index in [2.05, 4.69) is 15.0 Å². The number of hydrogen-bond donors (Lipinski definition) is 2. The van der Waals surface area contributed by atoms with Crippen LogP contribution in [0.2, 0.25) is 0 Å². The van der Waals surface area contributed by atoms with Gasteiger partial charge in [0.25, 0.3) is 0 Å². The molecule has 3 aromatic rings. The number of carboxylic acids is 1. The van der Waals surface area contributed by atoms with E-state index < -0.39 is 5.97 Å². The first-order chi connectivity index (χ1) is 11.7. The normalized spacial score (nSPS) is 15.7. The number of pyridine rings is 1. The molecule has 1 fully saturated rings. The molecule has 1 saturated carbocycles. The summed E-state index contributed by atoms with van der Waals surface area (Å²) in [5.74, 6) is 0.124. The summed E-state index contributed by atoms with van der Waals surface area (Å²) in [5.41, 5.74) is 3.62. The highest BCUT2D eigenvalue weighted by atomic mass is 16.4. The SMILES string of the molecule is O=C(O)c1cc2nc(-c3ccccn3)[nH]c2cc1C1CCCCC1. The molecule has 0 atom stereocenters. The third-order valence-corrected chi connectivity index (χ3v) is 4.84. The average Bonchev–Trinajstić information content (AvgIpc) is 3.05. The Labute approximate surface area is 139 Å². The highest BCUT2D eigenvalue weighted by molar-refractivity contribution is 5.95. The number of aromatic carboxylic acids is 1. The van der Waals surface area contributed by atoms with E-state index in [1.165, 1.54) is 19.3 Å². The quantitative estimate of drug-likeness (QED) is 0.750. The predicted molar refractivity (Wildman–Crippen MR) is 92.1 cm³/mol. The second-order valence-electron chi connectivity index (χ2n) is 6.40. The highest BCUT2D eigenvalue weighted by Gasteiger charge is 2.23. The number of imidazole rings is 1. The maximum Gasteiger partial charge on any atom is 0.336 e. The third-order valence-electron chi connectivity index (χ3n) is 4.84. The maximum atomic E-state index is 11.7. The van der Waals surface area contributed by atoms with Crippen LogP contribution in [0.5, 0.6) is 0 Å². The fourth-order valence-electron chi connectivity index (χ4n) is 3.63. The van der Waals surface area contributed by atoms with Crippen molar-refractivity contribution in [1.82, 2.24) is 15.0 Å². The molecule has 5 heteroatoms. The summed E-state index contributed by atoms with van der Waals surface area (Å²) >= 11 is 0. The topological polar surface area (TPSA) is 78.9 Å². The Morgan fingerprint density at radius 1 is 1.17 bits per heavy atom. The molecule has 0 aliphatic heterocycles. The van der Waals surface area contributed by atoms with Crippen LogP contribution in [-0.4, -0.2) is 26.0 Å². The van der Waals surface area contributed by atoms with Crippen molar-refractivity contribution in [3.05, 3.63) is 47.7 Å². The largest absolute Gasteiger partial charge is 0.478 e. The number of nitrogens with one attached hydrogen (secondary N) is 1. The lowest BCUT2D eigenvalue weighted by atomic mass is 9.82. The van der Waals surface area contributed by atoms with E-state index in [9.17, 15) is 9.90 Å². The fraction of sp³-hybridized carbons (Fsp3) is 0.316. The van der Waals surface area contributed by atoms with Crippen molar-refractivity contribution >= 4 is 17.0 Å². The monoisotopic (exact) mass is 321 g/mol. The lowest BCUT2D eigenvalue weighted by Gasteiger charge is -2.23. The van der Waals surface area contributed by atoms with Gasteiger partial charge in [0.15, 0.2) is 5.82 Å². The van der Waals surface area contributed by atoms with E-state index in [0.29, 0.717) is 22.8 Å². The number of carboxylic acid groups (broad SMARTS) is 1. The van der Waals surface area contributed by atoms with E-state index in [1.54, 1.807) is 12.3 Å². The van der Waals surface area contributed by atoms with Gasteiger partial charge < -0.3 is 10.1 Å². The van der Waals surface area contributed by atoms with Crippen molar-refractivity contribution in [2.75, 3.05) is 0 Å². The van der Waals surface area contributed by atoms with E-state index >= 15 is 0 Å². The lowest BCUT2D eigenvalue weighted by molar-refractivity contribution is 0.0695. The van der Waals surface area contributed by atoms with E-state index in [-0.39, 0.29) is 0 Å². The minimum atomic E-state index is -0.875. The van der Waals surface area contributed by atoms with E-state index in [1.807, 2.05) is 24.3 Å². The van der Waals surface area contributed by atoms with Crippen LogP contribution in [0.3, 0.4) is 0 Å². The van der Waals surface area contributed by atoms with Gasteiger partial charge in [-0.05, 0) is 48.6 Å². The molecule has 2 aromatic heterocycles. The Bertz CT molecular complexity index is 880. The van der Waals surface area contributed by atoms with Crippen LogP contribution in [0.25, 0.3) is 22.6 Å². The first kappa shape index (κ1) is 14.9. The minimum Gasteiger partial charge on any atom is -0.478 e. The van der Waals surface area contributed by atoms with Gasteiger partial charge in [-0.15, -0.1) is 0 Å². The van der Waals surface area contributed by atoms with Gasteiger partial charge in [-0.3, -0.25) is 4.98 Å². The number of H-pyrrole nitrogens is 1. The zero-order chi connectivity index (χ0) is 16.5. The molecule has 0 radical (unpaired) electrons. The molecule has 2 heterocycles. The summed E-state index contributed by atoms with van der Waals surface area (Å²) in [6.07, 6.45) is 7.43. The number of aromatic nitrogens is 3. The van der Waals surface area contributed by atoms with Crippen molar-refractivity contribution in [2.24, 2.45) is 0 Å². The zero-order valence-electron chi connectivity index (χ0n) is 13.3. The Hall–Kier alpha value is -2.69. The van der Waals surface area contributed by atoms with Crippen LogP contribution in [0, 0.1) is 0 Å². The van der Waals surface area contributed by atoms with Crippen LogP contribution >= 0.6 is 0 Å². The lowest BCUT2D eigenvalue weighted by Crippen LogP contribution is -2.10. The molecule has 122 valence electrons. The molecule has 1 aromatic carbocycles. The third kappa shape index (κ3) is 2.66. The number of rotatable bonds is 3. The minimum absolute atomic E-state index is 0.329. The standard InChI is InChI=1S/C19H19N3O2/c23-19(24)14-11-17-16(10-13(14)12-6-2-1-3-7-12)21-18(22-17)15-8-4-5-9-20-15/h4-5,8-12H,1-3,6-7H2,(H,21,22)(H,23,24). The molecule has 0 saturated heterocycles. The molecule has 0 spiro atoms. The maximum absolute atomic E-state index is 11.7. The van der Waals surface area contributed by atoms with Crippen molar-refractivity contribution in [1.29, 1.82) is 0 Å². The van der Waals surface area contributed by atoms with Gasteiger partial charge >= 0.3 is 5.97 Å². The molecule has 0 unspecified atom stereocenters. The smallest absolute Gasteiger partial charge is 0.336 e. The Balaban J connectivity index is 1.83. The number of nitrogens with zero attached hydrogens (tertiary/aromatic N) is 2. The van der Waals surface area contributed by atoms with Crippen LogP contribution in [0.4, 0.5) is 0 Å². The van der Waals surface area contributed by atoms with E-state index in [0.717, 1.165) is 29.6 Å². The first-order valence-corrected chi connectivity index (χ1v) is 8.41. The second kappa shape index (κ2) is 6.07. The molecular weight excluding hydrogens is 302 g/mol. The van der Waals surface area contributed by atoms with Crippen molar-refractivity contribution in [2.45, 2.75) is 38.0 Å². The van der Waals surface area contributed by atoms with Crippen molar-refractivity contribution in [3.8, 4) is 11.5 Å². The highest BCUT2D eigenvalue weighted by Crippen LogP contribution is 2.36. The Morgan fingerprint density at radius 3 is 2.71 bits per heavy atom. The van der Waals surface area contributed by atoms with Gasteiger partial charge in [-0.2, -0.15) is 0 Å². The van der Waals surface area contributed by atoms with Gasteiger partial charge in [0.2, 0.25) is 0 Å². The summed E-state index contributed by atoms with van der Waals surface area (Å²) in [7, 11) is 0. The molecular formula is C19H19N3O2. The molecule has 1 aliphatic carbocycles. The van der Waals surface area contributed by atoms with Gasteiger partial charge in [0, 0.05) is 6.20 Å². The number of hydrogen-bond acceptors (Lipinski definition) is 3. The van der Waals surface area contributed by atoms with Gasteiger partial charge in [0.1, 0.15) is 5.69 Å². The van der Waals surface area contributed by atoms with Crippen LogP contribution < -0.4 is 0 Å². The number of aromatic amines is 1. The summed E-state index contributed by atoms with van der Waals surface area (Å²) in [4.78, 5) is 23.9. The molecule has 0 bridgehead atoms. The summed E-state index contributed by atoms with van der Waals surface area (Å²) < 4.78 is 0. The Kier molecular flexibility index (Phi) is 3.76. The molecule has 24 heavy (non-hydrogen) atoms. The van der Waals surface area contributed by atoms with Gasteiger partial charge in [0.05, 0.1) is 16.6 Å². The summed E-state index contributed by atoms with van der Waals surface area (Å²) in [6.45, 7) is 0. The molecule has 0 amide bonds. The second-order valence-corrected chi connectivity index (χ2v) is 6.40. The summed E-state index contributed by atoms with van der Waals surface area (Å²) in [6, 6.07) is 9.33. The van der Waals surface area contributed by atoms with Crippen LogP contribution in [0.1, 0.15) is 53.9 Å². The predicted octanol–water partition coefficient (Wildman–Crippen LogP) is 4.37. The molecule has 2 N–H and O–H groups in total. The average molecular weight is 321 g/mol. The number of benzene rings is 1.